The molecule has 2 aromatic heterocycles. The van der Waals surface area contributed by atoms with Gasteiger partial charge in [0.1, 0.15) is 5.75 Å². The largest absolute Gasteiger partial charge is 0.478 e. The van der Waals surface area contributed by atoms with Crippen LogP contribution in [0.15, 0.2) is 48.9 Å². The van der Waals surface area contributed by atoms with Crippen LogP contribution in [0.4, 0.5) is 0 Å². The molecule has 0 saturated carbocycles. The summed E-state index contributed by atoms with van der Waals surface area (Å²) in [6.07, 6.45) is 5.01. The fourth-order valence-electron chi connectivity index (χ4n) is 4.43. The molecule has 3 N–H and O–H groups in total. The molecule has 3 atom stereocenters. The van der Waals surface area contributed by atoms with Crippen LogP contribution in [0, 0.1) is 5.92 Å². The standard InChI is InChI=1S/C27H36N4O4/c1-18(2)26(27(33)31-10-12-34-13-11-31)35-24-8-4-7-22-21(16-30-25(22)24)14-19(3)29-17-23(32)20-6-5-9-28-15-20/h4-9,15-16,18-19,23,26,29-30,32H,10-14,17H2,1-3H3/t19-,23+,26-/m1/s1. The summed E-state index contributed by atoms with van der Waals surface area (Å²) in [5, 5.41) is 14.9. The van der Waals surface area contributed by atoms with E-state index in [1.165, 1.54) is 0 Å². The highest BCUT2D eigenvalue weighted by Crippen LogP contribution is 2.30. The van der Waals surface area contributed by atoms with E-state index in [4.69, 9.17) is 9.47 Å². The van der Waals surface area contributed by atoms with Crippen molar-refractivity contribution in [2.75, 3.05) is 32.8 Å². The molecular weight excluding hydrogens is 444 g/mol. The summed E-state index contributed by atoms with van der Waals surface area (Å²) in [5.41, 5.74) is 2.85. The fourth-order valence-corrected chi connectivity index (χ4v) is 4.43. The summed E-state index contributed by atoms with van der Waals surface area (Å²) < 4.78 is 11.7. The van der Waals surface area contributed by atoms with Crippen molar-refractivity contribution in [1.29, 1.82) is 0 Å². The predicted octanol–water partition coefficient (Wildman–Crippen LogP) is 3.08. The lowest BCUT2D eigenvalue weighted by molar-refractivity contribution is -0.144. The monoisotopic (exact) mass is 480 g/mol. The lowest BCUT2D eigenvalue weighted by Crippen LogP contribution is -2.49. The molecular formula is C27H36N4O4. The van der Waals surface area contributed by atoms with E-state index in [9.17, 15) is 9.90 Å². The maximum atomic E-state index is 13.2. The molecule has 0 aliphatic carbocycles. The van der Waals surface area contributed by atoms with Gasteiger partial charge in [0.25, 0.3) is 5.91 Å². The van der Waals surface area contributed by atoms with Crippen molar-refractivity contribution in [3.8, 4) is 5.75 Å². The van der Waals surface area contributed by atoms with Crippen molar-refractivity contribution in [1.82, 2.24) is 20.2 Å². The third-order valence-corrected chi connectivity index (χ3v) is 6.44. The number of amides is 1. The van der Waals surface area contributed by atoms with Gasteiger partial charge in [0, 0.05) is 55.2 Å². The number of nitrogens with one attached hydrogen (secondary N) is 2. The van der Waals surface area contributed by atoms with E-state index in [-0.39, 0.29) is 17.9 Å². The Morgan fingerprint density at radius 3 is 2.74 bits per heavy atom. The van der Waals surface area contributed by atoms with Crippen LogP contribution in [-0.4, -0.2) is 70.9 Å². The number of H-pyrrole nitrogens is 1. The summed E-state index contributed by atoms with van der Waals surface area (Å²) in [5.74, 6) is 0.726. The number of fused-ring (bicyclic) bond motifs is 1. The van der Waals surface area contributed by atoms with Gasteiger partial charge in [-0.25, -0.2) is 0 Å². The van der Waals surface area contributed by atoms with Crippen LogP contribution in [0.5, 0.6) is 5.75 Å². The van der Waals surface area contributed by atoms with Crippen LogP contribution in [0.3, 0.4) is 0 Å². The molecule has 3 aromatic rings. The first kappa shape index (κ1) is 25.2. The summed E-state index contributed by atoms with van der Waals surface area (Å²) in [4.78, 5) is 22.4. The first-order chi connectivity index (χ1) is 16.9. The number of benzene rings is 1. The van der Waals surface area contributed by atoms with Crippen molar-refractivity contribution in [3.05, 3.63) is 60.0 Å². The average Bonchev–Trinajstić information content (AvgIpc) is 3.29. The van der Waals surface area contributed by atoms with E-state index < -0.39 is 12.2 Å². The fraction of sp³-hybridized carbons (Fsp3) is 0.481. The number of pyridine rings is 1. The first-order valence-corrected chi connectivity index (χ1v) is 12.4. The third kappa shape index (κ3) is 6.20. The summed E-state index contributed by atoms with van der Waals surface area (Å²) in [6.45, 7) is 8.90. The highest BCUT2D eigenvalue weighted by atomic mass is 16.5. The van der Waals surface area contributed by atoms with Crippen LogP contribution in [-0.2, 0) is 16.0 Å². The average molecular weight is 481 g/mol. The van der Waals surface area contributed by atoms with Crippen LogP contribution in [0.25, 0.3) is 10.9 Å². The molecule has 1 aliphatic rings. The molecule has 1 aliphatic heterocycles. The summed E-state index contributed by atoms with van der Waals surface area (Å²) in [6, 6.07) is 9.80. The van der Waals surface area contributed by atoms with E-state index in [2.05, 4.69) is 28.3 Å². The molecule has 188 valence electrons. The number of morpholine rings is 1. The molecule has 8 nitrogen and oxygen atoms in total. The first-order valence-electron chi connectivity index (χ1n) is 12.4. The van der Waals surface area contributed by atoms with Gasteiger partial charge in [0.15, 0.2) is 6.10 Å². The molecule has 0 radical (unpaired) electrons. The van der Waals surface area contributed by atoms with Crippen LogP contribution < -0.4 is 10.1 Å². The zero-order valence-corrected chi connectivity index (χ0v) is 20.7. The maximum Gasteiger partial charge on any atom is 0.264 e. The Labute approximate surface area is 206 Å². The number of aromatic amines is 1. The Bertz CT molecular complexity index is 1100. The minimum Gasteiger partial charge on any atom is -0.478 e. The number of carbonyl (C=O) groups excluding carboxylic acids is 1. The zero-order valence-electron chi connectivity index (χ0n) is 20.7. The molecule has 1 saturated heterocycles. The van der Waals surface area contributed by atoms with Gasteiger partial charge in [-0.1, -0.05) is 32.0 Å². The molecule has 1 fully saturated rings. The van der Waals surface area contributed by atoms with Gasteiger partial charge in [-0.05, 0) is 37.0 Å². The third-order valence-electron chi connectivity index (χ3n) is 6.44. The molecule has 0 bridgehead atoms. The SMILES string of the molecule is CC(C)[C@@H](Oc1cccc2c(C[C@@H](C)NC[C@H](O)c3cccnc3)c[nH]c12)C(=O)N1CCOCC1. The number of hydrogen-bond donors (Lipinski definition) is 3. The molecule has 0 spiro atoms. The number of carbonyl (C=O) groups is 1. The minimum atomic E-state index is -0.605. The minimum absolute atomic E-state index is 0.0112. The Balaban J connectivity index is 1.43. The van der Waals surface area contributed by atoms with Crippen molar-refractivity contribution in [2.24, 2.45) is 5.92 Å². The van der Waals surface area contributed by atoms with Crippen LogP contribution >= 0.6 is 0 Å². The van der Waals surface area contributed by atoms with Crippen molar-refractivity contribution < 1.29 is 19.4 Å². The van der Waals surface area contributed by atoms with Crippen molar-refractivity contribution in [3.63, 3.8) is 0 Å². The van der Waals surface area contributed by atoms with Gasteiger partial charge >= 0.3 is 0 Å². The summed E-state index contributed by atoms with van der Waals surface area (Å²) in [7, 11) is 0. The molecule has 1 amide bonds. The van der Waals surface area contributed by atoms with E-state index in [0.717, 1.165) is 28.5 Å². The summed E-state index contributed by atoms with van der Waals surface area (Å²) >= 11 is 0. The Morgan fingerprint density at radius 2 is 2.03 bits per heavy atom. The second-order valence-corrected chi connectivity index (χ2v) is 9.53. The number of aliphatic hydroxyl groups excluding tert-OH is 1. The number of rotatable bonds is 10. The topological polar surface area (TPSA) is 99.7 Å². The van der Waals surface area contributed by atoms with Gasteiger partial charge in [0.05, 0.1) is 24.8 Å². The molecule has 8 heteroatoms. The van der Waals surface area contributed by atoms with E-state index >= 15 is 0 Å². The quantitative estimate of drug-likeness (QED) is 0.412. The van der Waals surface area contributed by atoms with Crippen LogP contribution in [0.1, 0.15) is 38.0 Å². The van der Waals surface area contributed by atoms with Gasteiger partial charge in [-0.15, -0.1) is 0 Å². The molecule has 0 unspecified atom stereocenters. The number of aromatic nitrogens is 2. The second-order valence-electron chi connectivity index (χ2n) is 9.53. The molecule has 4 rings (SSSR count). The Kier molecular flexibility index (Phi) is 8.38. The number of nitrogens with zero attached hydrogens (tertiary/aromatic N) is 2. The van der Waals surface area contributed by atoms with Crippen molar-refractivity contribution in [2.45, 2.75) is 45.4 Å². The van der Waals surface area contributed by atoms with Crippen LogP contribution in [0.2, 0.25) is 0 Å². The number of aliphatic hydroxyl groups is 1. The predicted molar refractivity (Wildman–Crippen MR) is 135 cm³/mol. The Morgan fingerprint density at radius 1 is 1.23 bits per heavy atom. The van der Waals surface area contributed by atoms with Gasteiger partial charge in [-0.3, -0.25) is 9.78 Å². The number of para-hydroxylation sites is 1. The zero-order chi connectivity index (χ0) is 24.8. The Hall–Kier alpha value is -2.94. The van der Waals surface area contributed by atoms with Gasteiger partial charge < -0.3 is 29.8 Å². The van der Waals surface area contributed by atoms with E-state index in [0.29, 0.717) is 38.6 Å². The smallest absolute Gasteiger partial charge is 0.264 e. The second kappa shape index (κ2) is 11.7. The van der Waals surface area contributed by atoms with E-state index in [1.54, 1.807) is 12.4 Å². The van der Waals surface area contributed by atoms with E-state index in [1.807, 2.05) is 49.2 Å². The molecule has 1 aromatic carbocycles. The lowest BCUT2D eigenvalue weighted by Gasteiger charge is -2.32. The highest BCUT2D eigenvalue weighted by Gasteiger charge is 2.30. The van der Waals surface area contributed by atoms with Crippen molar-refractivity contribution >= 4 is 16.8 Å². The molecule has 35 heavy (non-hydrogen) atoms. The maximum absolute atomic E-state index is 13.2. The lowest BCUT2D eigenvalue weighted by atomic mass is 10.0. The van der Waals surface area contributed by atoms with Gasteiger partial charge in [-0.2, -0.15) is 0 Å². The normalized spacial score (nSPS) is 16.9. The number of hydrogen-bond acceptors (Lipinski definition) is 6. The highest BCUT2D eigenvalue weighted by molar-refractivity contribution is 5.89. The number of ether oxygens (including phenoxy) is 2. The van der Waals surface area contributed by atoms with Gasteiger partial charge in [0.2, 0.25) is 0 Å². The molecule has 3 heterocycles.